The fraction of sp³-hybridized carbons (Fsp3) is 0.600. The molecular formula is C10H18N4. The van der Waals surface area contributed by atoms with Gasteiger partial charge in [-0.05, 0) is 20.8 Å². The summed E-state index contributed by atoms with van der Waals surface area (Å²) in [5.74, 6) is 0. The van der Waals surface area contributed by atoms with Crippen molar-refractivity contribution in [2.24, 2.45) is 5.73 Å². The molecule has 1 aromatic heterocycles. The van der Waals surface area contributed by atoms with Crippen molar-refractivity contribution in [2.45, 2.75) is 32.9 Å². The molecule has 0 amide bonds. The van der Waals surface area contributed by atoms with E-state index in [2.05, 4.69) is 35.6 Å². The van der Waals surface area contributed by atoms with Crippen molar-refractivity contribution in [3.63, 3.8) is 0 Å². The molecule has 2 N–H and O–H groups in total. The van der Waals surface area contributed by atoms with Crippen LogP contribution in [-0.2, 0) is 0 Å². The van der Waals surface area contributed by atoms with Gasteiger partial charge < -0.3 is 10.6 Å². The first-order valence-corrected chi connectivity index (χ1v) is 4.90. The van der Waals surface area contributed by atoms with Gasteiger partial charge in [0.1, 0.15) is 6.33 Å². The Morgan fingerprint density at radius 3 is 2.29 bits per heavy atom. The molecule has 1 rings (SSSR count). The summed E-state index contributed by atoms with van der Waals surface area (Å²) in [5.41, 5.74) is 6.69. The zero-order valence-corrected chi connectivity index (χ0v) is 9.01. The first kappa shape index (κ1) is 10.9. The summed E-state index contributed by atoms with van der Waals surface area (Å²) in [4.78, 5) is 10.2. The van der Waals surface area contributed by atoms with Crippen LogP contribution in [0, 0.1) is 0 Å². The molecule has 0 aliphatic carbocycles. The average Bonchev–Trinajstić information content (AvgIpc) is 2.19. The van der Waals surface area contributed by atoms with Crippen molar-refractivity contribution in [3.8, 4) is 0 Å². The van der Waals surface area contributed by atoms with Gasteiger partial charge >= 0.3 is 0 Å². The molecule has 1 unspecified atom stereocenters. The fourth-order valence-corrected chi connectivity index (χ4v) is 1.60. The third-order valence-corrected chi connectivity index (χ3v) is 2.22. The lowest BCUT2D eigenvalue weighted by molar-refractivity contribution is 0.579. The highest BCUT2D eigenvalue weighted by atomic mass is 15.2. The Bertz CT molecular complexity index is 260. The van der Waals surface area contributed by atoms with Gasteiger partial charge in [0.05, 0.1) is 18.1 Å². The zero-order valence-electron chi connectivity index (χ0n) is 9.01. The summed E-state index contributed by atoms with van der Waals surface area (Å²) < 4.78 is 0. The van der Waals surface area contributed by atoms with Crippen LogP contribution < -0.4 is 10.6 Å². The summed E-state index contributed by atoms with van der Waals surface area (Å²) in [5, 5.41) is 0. The van der Waals surface area contributed by atoms with E-state index in [-0.39, 0.29) is 0 Å². The van der Waals surface area contributed by atoms with Gasteiger partial charge in [-0.1, -0.05) is 0 Å². The van der Waals surface area contributed by atoms with Gasteiger partial charge in [0, 0.05) is 18.6 Å². The van der Waals surface area contributed by atoms with Crippen molar-refractivity contribution in [3.05, 3.63) is 18.7 Å². The Labute approximate surface area is 85.2 Å². The van der Waals surface area contributed by atoms with Crippen LogP contribution in [-0.4, -0.2) is 28.6 Å². The molecule has 0 spiro atoms. The van der Waals surface area contributed by atoms with Gasteiger partial charge in [0.2, 0.25) is 0 Å². The maximum Gasteiger partial charge on any atom is 0.115 e. The van der Waals surface area contributed by atoms with Gasteiger partial charge in [-0.25, -0.2) is 9.97 Å². The lowest BCUT2D eigenvalue weighted by Crippen LogP contribution is -2.43. The predicted molar refractivity (Wildman–Crippen MR) is 58.2 cm³/mol. The molecule has 0 bridgehead atoms. The maximum atomic E-state index is 5.67. The second-order valence-electron chi connectivity index (χ2n) is 3.68. The summed E-state index contributed by atoms with van der Waals surface area (Å²) in [7, 11) is 0. The molecule has 0 aliphatic heterocycles. The van der Waals surface area contributed by atoms with Crippen LogP contribution in [0.2, 0.25) is 0 Å². The quantitative estimate of drug-likeness (QED) is 0.778. The molecule has 1 aromatic rings. The van der Waals surface area contributed by atoms with E-state index >= 15 is 0 Å². The topological polar surface area (TPSA) is 55.0 Å². The third-order valence-electron chi connectivity index (χ3n) is 2.22. The van der Waals surface area contributed by atoms with Gasteiger partial charge in [-0.2, -0.15) is 0 Å². The van der Waals surface area contributed by atoms with Crippen LogP contribution in [0.5, 0.6) is 0 Å². The first-order valence-electron chi connectivity index (χ1n) is 4.90. The van der Waals surface area contributed by atoms with E-state index < -0.39 is 0 Å². The molecule has 0 fully saturated rings. The summed E-state index contributed by atoms with van der Waals surface area (Å²) >= 11 is 0. The minimum absolute atomic E-state index is 0.306. The largest absolute Gasteiger partial charge is 0.363 e. The van der Waals surface area contributed by atoms with Crippen molar-refractivity contribution in [1.29, 1.82) is 0 Å². The highest BCUT2D eigenvalue weighted by Gasteiger charge is 2.16. The highest BCUT2D eigenvalue weighted by Crippen LogP contribution is 2.16. The van der Waals surface area contributed by atoms with Crippen molar-refractivity contribution in [1.82, 2.24) is 9.97 Å². The molecule has 0 radical (unpaired) electrons. The minimum Gasteiger partial charge on any atom is -0.363 e. The van der Waals surface area contributed by atoms with Crippen molar-refractivity contribution < 1.29 is 0 Å². The number of aromatic nitrogens is 2. The second-order valence-corrected chi connectivity index (χ2v) is 3.68. The zero-order chi connectivity index (χ0) is 10.6. The predicted octanol–water partition coefficient (Wildman–Crippen LogP) is 1.04. The molecule has 4 heteroatoms. The molecular weight excluding hydrogens is 176 g/mol. The summed E-state index contributed by atoms with van der Waals surface area (Å²) in [6.45, 7) is 7.01. The Morgan fingerprint density at radius 2 is 1.86 bits per heavy atom. The smallest absolute Gasteiger partial charge is 0.115 e. The monoisotopic (exact) mass is 194 g/mol. The normalized spacial score (nSPS) is 12.9. The molecule has 0 aromatic carbocycles. The summed E-state index contributed by atoms with van der Waals surface area (Å²) in [6.07, 6.45) is 5.17. The molecule has 0 saturated carbocycles. The number of hydrogen-bond acceptors (Lipinski definition) is 4. The molecule has 14 heavy (non-hydrogen) atoms. The van der Waals surface area contributed by atoms with Crippen LogP contribution in [0.25, 0.3) is 0 Å². The molecule has 0 aliphatic rings. The van der Waals surface area contributed by atoms with Crippen molar-refractivity contribution >= 4 is 5.69 Å². The molecule has 78 valence electrons. The van der Waals surface area contributed by atoms with Crippen LogP contribution in [0.3, 0.4) is 0 Å². The van der Waals surface area contributed by atoms with E-state index in [9.17, 15) is 0 Å². The summed E-state index contributed by atoms with van der Waals surface area (Å²) in [6, 6.07) is 0.709. The number of rotatable bonds is 4. The number of nitrogens with zero attached hydrogens (tertiary/aromatic N) is 3. The lowest BCUT2D eigenvalue weighted by atomic mass is 10.2. The average molecular weight is 194 g/mol. The number of hydrogen-bond donors (Lipinski definition) is 1. The van der Waals surface area contributed by atoms with Gasteiger partial charge in [-0.3, -0.25) is 0 Å². The van der Waals surface area contributed by atoms with Crippen LogP contribution in [0.15, 0.2) is 18.7 Å². The fourth-order valence-electron chi connectivity index (χ4n) is 1.60. The second kappa shape index (κ2) is 4.91. The molecule has 4 nitrogen and oxygen atoms in total. The SMILES string of the molecule is CC(C)N(c1cncnc1)C(C)CN. The lowest BCUT2D eigenvalue weighted by Gasteiger charge is -2.33. The molecule has 1 atom stereocenters. The van der Waals surface area contributed by atoms with E-state index in [1.165, 1.54) is 6.33 Å². The number of anilines is 1. The maximum absolute atomic E-state index is 5.67. The van der Waals surface area contributed by atoms with E-state index in [1.54, 1.807) is 0 Å². The Kier molecular flexibility index (Phi) is 3.83. The van der Waals surface area contributed by atoms with Crippen molar-refractivity contribution in [2.75, 3.05) is 11.4 Å². The van der Waals surface area contributed by atoms with Gasteiger partial charge in [-0.15, -0.1) is 0 Å². The Balaban J connectivity index is 2.89. The van der Waals surface area contributed by atoms with Gasteiger partial charge in [0.15, 0.2) is 0 Å². The van der Waals surface area contributed by atoms with Crippen LogP contribution >= 0.6 is 0 Å². The van der Waals surface area contributed by atoms with Crippen LogP contribution in [0.4, 0.5) is 5.69 Å². The van der Waals surface area contributed by atoms with E-state index in [0.717, 1.165) is 5.69 Å². The standard InChI is InChI=1S/C10H18N4/c1-8(2)14(9(3)4-11)10-5-12-7-13-6-10/h5-9H,4,11H2,1-3H3. The van der Waals surface area contributed by atoms with Gasteiger partial charge in [0.25, 0.3) is 0 Å². The number of nitrogens with two attached hydrogens (primary N) is 1. The minimum atomic E-state index is 0.306. The Morgan fingerprint density at radius 1 is 1.29 bits per heavy atom. The van der Waals surface area contributed by atoms with E-state index in [4.69, 9.17) is 5.73 Å². The molecule has 1 heterocycles. The van der Waals surface area contributed by atoms with E-state index in [1.807, 2.05) is 12.4 Å². The van der Waals surface area contributed by atoms with E-state index in [0.29, 0.717) is 18.6 Å². The highest BCUT2D eigenvalue weighted by molar-refractivity contribution is 5.43. The first-order chi connectivity index (χ1) is 6.66. The van der Waals surface area contributed by atoms with Crippen LogP contribution in [0.1, 0.15) is 20.8 Å². The third kappa shape index (κ3) is 2.42. The Hall–Kier alpha value is -1.16. The molecule has 0 saturated heterocycles.